The maximum Gasteiger partial charge on any atom is 0.347 e. The van der Waals surface area contributed by atoms with Crippen LogP contribution in [-0.2, 0) is 30.7 Å². The molecule has 0 radical (unpaired) electrons. The number of carbonyl (C=O) groups is 1. The number of nitrogens with zero attached hydrogens (tertiary/aromatic N) is 2. The van der Waals surface area contributed by atoms with Crippen molar-refractivity contribution in [3.05, 3.63) is 80.9 Å². The van der Waals surface area contributed by atoms with E-state index >= 15 is 0 Å². The second kappa shape index (κ2) is 10.8. The molecule has 1 heterocycles. The number of aliphatic carboxylic acids is 1. The third-order valence-electron chi connectivity index (χ3n) is 6.35. The predicted molar refractivity (Wildman–Crippen MR) is 136 cm³/mol. The Morgan fingerprint density at radius 1 is 0.971 bits per heavy atom. The number of carboxylic acids is 1. The van der Waals surface area contributed by atoms with Crippen LogP contribution >= 0.6 is 0 Å². The van der Waals surface area contributed by atoms with Crippen molar-refractivity contribution in [3.63, 3.8) is 0 Å². The average molecular weight is 481 g/mol. The standard InChI is InChI=1S/C28H36N2O5/c1-6-16-29-24(25(31)30(27(29)34)18-22-11-10-19(2)20(3)17-22)9-7-8-21-12-14-23(15-13-21)35-28(4,5)26(32)33/h10-15,17,31H,6-9,16,18H2,1-5H3,(H,32,33). The number of benzene rings is 2. The van der Waals surface area contributed by atoms with Crippen molar-refractivity contribution >= 4 is 5.97 Å². The molecule has 35 heavy (non-hydrogen) atoms. The smallest absolute Gasteiger partial charge is 0.347 e. The highest BCUT2D eigenvalue weighted by Gasteiger charge is 2.29. The highest BCUT2D eigenvalue weighted by atomic mass is 16.5. The van der Waals surface area contributed by atoms with E-state index in [1.807, 2.05) is 38.1 Å². The van der Waals surface area contributed by atoms with Gasteiger partial charge in [-0.2, -0.15) is 0 Å². The maximum absolute atomic E-state index is 13.1. The Morgan fingerprint density at radius 3 is 2.23 bits per heavy atom. The lowest BCUT2D eigenvalue weighted by molar-refractivity contribution is -0.152. The molecule has 2 N–H and O–H groups in total. The van der Waals surface area contributed by atoms with Crippen LogP contribution in [0.25, 0.3) is 0 Å². The molecule has 0 aliphatic rings. The van der Waals surface area contributed by atoms with E-state index in [4.69, 9.17) is 4.74 Å². The molecule has 1 aromatic heterocycles. The number of ether oxygens (including phenoxy) is 1. The van der Waals surface area contributed by atoms with Crippen LogP contribution in [0.5, 0.6) is 11.6 Å². The Balaban J connectivity index is 1.72. The zero-order chi connectivity index (χ0) is 25.8. The second-order valence-electron chi connectivity index (χ2n) is 9.62. The van der Waals surface area contributed by atoms with Gasteiger partial charge in [-0.3, -0.25) is 9.13 Å². The molecule has 188 valence electrons. The summed E-state index contributed by atoms with van der Waals surface area (Å²) in [5.74, 6) is -0.482. The van der Waals surface area contributed by atoms with Gasteiger partial charge in [-0.15, -0.1) is 0 Å². The van der Waals surface area contributed by atoms with Crippen LogP contribution in [0.2, 0.25) is 0 Å². The summed E-state index contributed by atoms with van der Waals surface area (Å²) in [7, 11) is 0. The van der Waals surface area contributed by atoms with Crippen LogP contribution in [0.4, 0.5) is 0 Å². The molecule has 0 fully saturated rings. The Labute approximate surface area is 206 Å². The summed E-state index contributed by atoms with van der Waals surface area (Å²) in [5.41, 5.74) is 3.60. The molecule has 0 saturated heterocycles. The minimum absolute atomic E-state index is 0.0429. The monoisotopic (exact) mass is 480 g/mol. The molecule has 0 spiro atoms. The lowest BCUT2D eigenvalue weighted by Crippen LogP contribution is -2.37. The minimum Gasteiger partial charge on any atom is -0.493 e. The van der Waals surface area contributed by atoms with Gasteiger partial charge in [0.1, 0.15) is 5.75 Å². The molecule has 0 bridgehead atoms. The third kappa shape index (κ3) is 6.15. The predicted octanol–water partition coefficient (Wildman–Crippen LogP) is 4.85. The third-order valence-corrected chi connectivity index (χ3v) is 6.35. The highest BCUT2D eigenvalue weighted by Crippen LogP contribution is 2.23. The summed E-state index contributed by atoms with van der Waals surface area (Å²) in [5, 5.41) is 20.2. The van der Waals surface area contributed by atoms with Gasteiger partial charge in [0.25, 0.3) is 0 Å². The number of hydrogen-bond donors (Lipinski definition) is 2. The fraction of sp³-hybridized carbons (Fsp3) is 0.429. The topological polar surface area (TPSA) is 93.7 Å². The molecular formula is C28H36N2O5. The molecule has 0 aliphatic heterocycles. The first-order valence-corrected chi connectivity index (χ1v) is 12.1. The molecule has 3 aromatic rings. The maximum atomic E-state index is 13.1. The molecule has 0 unspecified atom stereocenters. The van der Waals surface area contributed by atoms with Crippen LogP contribution in [-0.4, -0.2) is 30.9 Å². The second-order valence-corrected chi connectivity index (χ2v) is 9.62. The van der Waals surface area contributed by atoms with Gasteiger partial charge in [-0.25, -0.2) is 9.59 Å². The van der Waals surface area contributed by atoms with Gasteiger partial charge in [0.05, 0.1) is 12.2 Å². The zero-order valence-electron chi connectivity index (χ0n) is 21.3. The van der Waals surface area contributed by atoms with E-state index in [9.17, 15) is 19.8 Å². The van der Waals surface area contributed by atoms with Crippen molar-refractivity contribution in [2.45, 2.75) is 79.0 Å². The van der Waals surface area contributed by atoms with Crippen molar-refractivity contribution in [1.82, 2.24) is 9.13 Å². The highest BCUT2D eigenvalue weighted by molar-refractivity contribution is 5.76. The van der Waals surface area contributed by atoms with Gasteiger partial charge in [-0.05, 0) is 87.8 Å². The minimum atomic E-state index is -1.30. The molecule has 7 heteroatoms. The number of aromatic hydroxyl groups is 1. The van der Waals surface area contributed by atoms with Crippen LogP contribution in [0.15, 0.2) is 47.3 Å². The first-order valence-electron chi connectivity index (χ1n) is 12.1. The van der Waals surface area contributed by atoms with Gasteiger partial charge >= 0.3 is 11.7 Å². The van der Waals surface area contributed by atoms with Crippen LogP contribution in [0.1, 0.15) is 61.6 Å². The van der Waals surface area contributed by atoms with E-state index < -0.39 is 11.6 Å². The molecule has 7 nitrogen and oxygen atoms in total. The van der Waals surface area contributed by atoms with E-state index in [1.54, 1.807) is 16.7 Å². The summed E-state index contributed by atoms with van der Waals surface area (Å²) in [6, 6.07) is 13.5. The number of carboxylic acid groups (broad SMARTS) is 1. The van der Waals surface area contributed by atoms with E-state index in [0.717, 1.165) is 36.0 Å². The van der Waals surface area contributed by atoms with E-state index in [-0.39, 0.29) is 11.6 Å². The molecule has 0 aliphatic carbocycles. The lowest BCUT2D eigenvalue weighted by atomic mass is 10.1. The Bertz CT molecular complexity index is 1240. The zero-order valence-corrected chi connectivity index (χ0v) is 21.3. The fourth-order valence-corrected chi connectivity index (χ4v) is 4.08. The number of aryl methyl sites for hydroxylation is 3. The van der Waals surface area contributed by atoms with Crippen LogP contribution < -0.4 is 10.4 Å². The molecule has 2 aromatic carbocycles. The van der Waals surface area contributed by atoms with Crippen molar-refractivity contribution in [2.24, 2.45) is 0 Å². The molecule has 0 atom stereocenters. The van der Waals surface area contributed by atoms with Gasteiger partial charge in [0.2, 0.25) is 5.88 Å². The van der Waals surface area contributed by atoms with E-state index in [0.29, 0.717) is 31.0 Å². The number of imidazole rings is 1. The molecule has 0 saturated carbocycles. The number of aromatic nitrogens is 2. The van der Waals surface area contributed by atoms with Gasteiger partial charge in [0.15, 0.2) is 5.60 Å². The fourth-order valence-electron chi connectivity index (χ4n) is 4.08. The van der Waals surface area contributed by atoms with E-state index in [1.165, 1.54) is 24.0 Å². The lowest BCUT2D eigenvalue weighted by Gasteiger charge is -2.21. The quantitative estimate of drug-likeness (QED) is 0.409. The summed E-state index contributed by atoms with van der Waals surface area (Å²) in [4.78, 5) is 24.4. The summed E-state index contributed by atoms with van der Waals surface area (Å²) in [6.45, 7) is 10.0. The molecule has 3 rings (SSSR count). The largest absolute Gasteiger partial charge is 0.493 e. The normalized spacial score (nSPS) is 11.6. The van der Waals surface area contributed by atoms with Gasteiger partial charge in [-0.1, -0.05) is 37.3 Å². The first kappa shape index (κ1) is 26.1. The summed E-state index contributed by atoms with van der Waals surface area (Å²) < 4.78 is 8.72. The molecular weight excluding hydrogens is 444 g/mol. The number of rotatable bonds is 11. The van der Waals surface area contributed by atoms with Crippen molar-refractivity contribution in [1.29, 1.82) is 0 Å². The summed E-state index contributed by atoms with van der Waals surface area (Å²) in [6.07, 6.45) is 2.88. The Hall–Kier alpha value is -3.48. The average Bonchev–Trinajstić information content (AvgIpc) is 3.01. The first-order chi connectivity index (χ1) is 16.5. The SMILES string of the molecule is CCCn1c(CCCc2ccc(OC(C)(C)C(=O)O)cc2)c(O)n(Cc2ccc(C)c(C)c2)c1=O. The van der Waals surface area contributed by atoms with Gasteiger partial charge in [0, 0.05) is 6.54 Å². The Kier molecular flexibility index (Phi) is 8.10. The molecule has 0 amide bonds. The van der Waals surface area contributed by atoms with Crippen molar-refractivity contribution in [2.75, 3.05) is 0 Å². The van der Waals surface area contributed by atoms with Crippen molar-refractivity contribution < 1.29 is 19.7 Å². The van der Waals surface area contributed by atoms with Crippen LogP contribution in [0.3, 0.4) is 0 Å². The Morgan fingerprint density at radius 2 is 1.63 bits per heavy atom. The number of hydrogen-bond acceptors (Lipinski definition) is 4. The summed E-state index contributed by atoms with van der Waals surface area (Å²) >= 11 is 0. The van der Waals surface area contributed by atoms with Crippen LogP contribution in [0, 0.1) is 13.8 Å². The van der Waals surface area contributed by atoms with E-state index in [2.05, 4.69) is 13.0 Å². The van der Waals surface area contributed by atoms with Gasteiger partial charge < -0.3 is 14.9 Å². The van der Waals surface area contributed by atoms with Crippen molar-refractivity contribution in [3.8, 4) is 11.6 Å².